The Hall–Kier alpha value is -2.81. The lowest BCUT2D eigenvalue weighted by Gasteiger charge is -2.39. The Bertz CT molecular complexity index is 1110. The number of nitrogens with two attached hydrogens (primary N) is 2. The molecule has 234 valence electrons. The van der Waals surface area contributed by atoms with Gasteiger partial charge in [-0.15, -0.1) is 12.6 Å². The molecule has 42 heavy (non-hydrogen) atoms. The highest BCUT2D eigenvalue weighted by atomic mass is 32.2. The minimum Gasteiger partial charge on any atom is -0.480 e. The first-order valence-corrected chi connectivity index (χ1v) is 16.0. The summed E-state index contributed by atoms with van der Waals surface area (Å²) in [6.07, 6.45) is 4.05. The van der Waals surface area contributed by atoms with Crippen molar-refractivity contribution in [1.29, 1.82) is 0 Å². The molecule has 5 atom stereocenters. The van der Waals surface area contributed by atoms with Gasteiger partial charge in [-0.25, -0.2) is 4.79 Å². The van der Waals surface area contributed by atoms with Crippen molar-refractivity contribution in [3.8, 4) is 0 Å². The van der Waals surface area contributed by atoms with E-state index in [9.17, 15) is 29.1 Å². The van der Waals surface area contributed by atoms with Crippen molar-refractivity contribution in [2.45, 2.75) is 82.0 Å². The number of nitrogens with one attached hydrogen (secondary N) is 3. The molecule has 1 aliphatic rings. The van der Waals surface area contributed by atoms with Gasteiger partial charge < -0.3 is 37.4 Å². The van der Waals surface area contributed by atoms with Gasteiger partial charge in [0.2, 0.25) is 17.7 Å². The molecule has 0 radical (unpaired) electrons. The number of carboxylic acids is 1. The molecule has 0 saturated carbocycles. The molecule has 0 spiro atoms. The Morgan fingerprint density at radius 2 is 1.71 bits per heavy atom. The largest absolute Gasteiger partial charge is 0.480 e. The van der Waals surface area contributed by atoms with E-state index in [2.05, 4.69) is 28.6 Å². The molecule has 0 aliphatic carbocycles. The molecule has 0 fully saturated rings. The first kappa shape index (κ1) is 35.4. The normalized spacial score (nSPS) is 17.4. The summed E-state index contributed by atoms with van der Waals surface area (Å²) < 4.78 is 0. The van der Waals surface area contributed by atoms with Crippen LogP contribution in [0.25, 0.3) is 0 Å². The van der Waals surface area contributed by atoms with Crippen LogP contribution in [-0.4, -0.2) is 87.7 Å². The summed E-state index contributed by atoms with van der Waals surface area (Å²) in [6, 6.07) is 3.44. The maximum atomic E-state index is 14.0. The molecule has 14 heteroatoms. The number of carboxylic acid groups (broad SMARTS) is 1. The molecular formula is C28H44N6O6S2. The van der Waals surface area contributed by atoms with Crippen molar-refractivity contribution in [2.75, 3.05) is 18.6 Å². The third kappa shape index (κ3) is 10.2. The van der Waals surface area contributed by atoms with E-state index in [0.717, 1.165) is 17.5 Å². The Kier molecular flexibility index (Phi) is 14.6. The molecule has 1 aromatic carbocycles. The van der Waals surface area contributed by atoms with Crippen LogP contribution in [0.15, 0.2) is 24.3 Å². The van der Waals surface area contributed by atoms with Crippen molar-refractivity contribution in [1.82, 2.24) is 20.9 Å². The monoisotopic (exact) mass is 624 g/mol. The Morgan fingerprint density at radius 1 is 1.05 bits per heavy atom. The molecule has 0 saturated heterocycles. The summed E-state index contributed by atoms with van der Waals surface area (Å²) in [5.41, 5.74) is 13.1. The fourth-order valence-corrected chi connectivity index (χ4v) is 5.29. The quantitative estimate of drug-likeness (QED) is 0.0765. The lowest BCUT2D eigenvalue weighted by atomic mass is 9.91. The Morgan fingerprint density at radius 3 is 2.31 bits per heavy atom. The Labute approximate surface area is 256 Å². The number of benzene rings is 1. The highest BCUT2D eigenvalue weighted by Gasteiger charge is 2.40. The second-order valence-electron chi connectivity index (χ2n) is 10.7. The second kappa shape index (κ2) is 17.3. The van der Waals surface area contributed by atoms with Crippen LogP contribution in [0.5, 0.6) is 0 Å². The van der Waals surface area contributed by atoms with E-state index < -0.39 is 59.1 Å². The number of nitrogens with zero attached hydrogens (tertiary/aromatic N) is 1. The number of amides is 4. The SMILES string of the molecule is CSCC[C@H](NC(=O)[C@@H]1Cc2ccccc2CN1C(=O)[C@@H](NC(=O)[C@H](S)NC(=O)[C@@H](N)CCCCN)C(C)C)C(=O)O. The zero-order valence-electron chi connectivity index (χ0n) is 24.4. The standard InChI is InChI=1S/C28H44N6O6S2/c1-16(2)22(32-25(37)26(41)33-23(35)19(30)10-6-7-12-29)27(38)34-15-18-9-5-4-8-17(18)14-21(34)24(36)31-20(28(39)40)11-13-42-3/h4-5,8-9,16,19-22,26,41H,6-7,10-15,29-30H2,1-3H3,(H,31,36)(H,32,37)(H,33,35)(H,39,40)/t19-,20-,21-,22-,26-/m0/s1. The number of unbranched alkanes of at least 4 members (excludes halogenated alkanes) is 1. The fourth-order valence-electron chi connectivity index (χ4n) is 4.62. The lowest BCUT2D eigenvalue weighted by Crippen LogP contribution is -2.61. The fraction of sp³-hybridized carbons (Fsp3) is 0.607. The molecule has 12 nitrogen and oxygen atoms in total. The van der Waals surface area contributed by atoms with Crippen LogP contribution in [0.4, 0.5) is 0 Å². The number of hydrogen-bond donors (Lipinski definition) is 7. The molecule has 0 bridgehead atoms. The molecule has 2 rings (SSSR count). The van der Waals surface area contributed by atoms with Crippen LogP contribution in [0.3, 0.4) is 0 Å². The molecular weight excluding hydrogens is 580 g/mol. The number of rotatable bonds is 16. The molecule has 4 amide bonds. The lowest BCUT2D eigenvalue weighted by molar-refractivity contribution is -0.147. The number of aliphatic carboxylic acids is 1. The van der Waals surface area contributed by atoms with E-state index >= 15 is 0 Å². The second-order valence-corrected chi connectivity index (χ2v) is 12.2. The topological polar surface area (TPSA) is 197 Å². The molecule has 1 aromatic rings. The minimum atomic E-state index is -1.26. The number of carbonyl (C=O) groups is 5. The molecule has 1 heterocycles. The van der Waals surface area contributed by atoms with Crippen LogP contribution >= 0.6 is 24.4 Å². The van der Waals surface area contributed by atoms with Crippen molar-refractivity contribution in [3.05, 3.63) is 35.4 Å². The number of thiol groups is 1. The zero-order chi connectivity index (χ0) is 31.4. The van der Waals surface area contributed by atoms with Crippen molar-refractivity contribution in [3.63, 3.8) is 0 Å². The summed E-state index contributed by atoms with van der Waals surface area (Å²) in [4.78, 5) is 66.1. The molecule has 0 aromatic heterocycles. The van der Waals surface area contributed by atoms with E-state index in [1.165, 1.54) is 16.7 Å². The van der Waals surface area contributed by atoms with Gasteiger partial charge >= 0.3 is 5.97 Å². The van der Waals surface area contributed by atoms with Crippen molar-refractivity contribution < 1.29 is 29.1 Å². The molecule has 0 unspecified atom stereocenters. The van der Waals surface area contributed by atoms with E-state index in [1.54, 1.807) is 13.8 Å². The first-order valence-electron chi connectivity index (χ1n) is 14.0. The highest BCUT2D eigenvalue weighted by molar-refractivity contribution is 7.98. The maximum absolute atomic E-state index is 14.0. The van der Waals surface area contributed by atoms with Gasteiger partial charge in [-0.05, 0) is 54.9 Å². The number of carbonyl (C=O) groups excluding carboxylic acids is 4. The third-order valence-electron chi connectivity index (χ3n) is 7.12. The molecule has 8 N–H and O–H groups in total. The van der Waals surface area contributed by atoms with Crippen molar-refractivity contribution >= 4 is 54.0 Å². The highest BCUT2D eigenvalue weighted by Crippen LogP contribution is 2.25. The molecule has 1 aliphatic heterocycles. The summed E-state index contributed by atoms with van der Waals surface area (Å²) in [6.45, 7) is 4.09. The van der Waals surface area contributed by atoms with Crippen LogP contribution in [0.2, 0.25) is 0 Å². The summed E-state index contributed by atoms with van der Waals surface area (Å²) in [7, 11) is 0. The van der Waals surface area contributed by atoms with Crippen LogP contribution in [-0.2, 0) is 36.9 Å². The third-order valence-corrected chi connectivity index (χ3v) is 8.13. The summed E-state index contributed by atoms with van der Waals surface area (Å²) in [5, 5.41) is 16.1. The number of thioether (sulfide) groups is 1. The van der Waals surface area contributed by atoms with Crippen LogP contribution < -0.4 is 27.4 Å². The van der Waals surface area contributed by atoms with Gasteiger partial charge in [-0.3, -0.25) is 19.2 Å². The van der Waals surface area contributed by atoms with Gasteiger partial charge in [0.1, 0.15) is 18.1 Å². The van der Waals surface area contributed by atoms with Crippen molar-refractivity contribution in [2.24, 2.45) is 17.4 Å². The summed E-state index contributed by atoms with van der Waals surface area (Å²) >= 11 is 5.68. The van der Waals surface area contributed by atoms with E-state index in [1.807, 2.05) is 30.5 Å². The van der Waals surface area contributed by atoms with E-state index in [-0.39, 0.29) is 25.3 Å². The number of fused-ring (bicyclic) bond motifs is 1. The van der Waals surface area contributed by atoms with E-state index in [0.29, 0.717) is 25.1 Å². The van der Waals surface area contributed by atoms with Gasteiger partial charge in [-0.1, -0.05) is 44.5 Å². The van der Waals surface area contributed by atoms with Gasteiger partial charge in [0, 0.05) is 13.0 Å². The zero-order valence-corrected chi connectivity index (χ0v) is 26.1. The number of hydrogen-bond acceptors (Lipinski definition) is 9. The average Bonchev–Trinajstić information content (AvgIpc) is 2.96. The predicted octanol–water partition coefficient (Wildman–Crippen LogP) is 0.232. The predicted molar refractivity (Wildman–Crippen MR) is 166 cm³/mol. The van der Waals surface area contributed by atoms with Gasteiger partial charge in [0.15, 0.2) is 5.37 Å². The van der Waals surface area contributed by atoms with Gasteiger partial charge in [-0.2, -0.15) is 11.8 Å². The van der Waals surface area contributed by atoms with Crippen LogP contribution in [0, 0.1) is 5.92 Å². The maximum Gasteiger partial charge on any atom is 0.326 e. The van der Waals surface area contributed by atoms with Crippen LogP contribution in [0.1, 0.15) is 50.7 Å². The summed E-state index contributed by atoms with van der Waals surface area (Å²) in [5.74, 6) is -3.33. The average molecular weight is 625 g/mol. The van der Waals surface area contributed by atoms with Gasteiger partial charge in [0.25, 0.3) is 5.91 Å². The van der Waals surface area contributed by atoms with Gasteiger partial charge in [0.05, 0.1) is 6.04 Å². The smallest absolute Gasteiger partial charge is 0.326 e. The minimum absolute atomic E-state index is 0.105. The Balaban J connectivity index is 2.22. The van der Waals surface area contributed by atoms with E-state index in [4.69, 9.17) is 11.5 Å². The first-order chi connectivity index (χ1) is 19.9.